The van der Waals surface area contributed by atoms with Gasteiger partial charge in [0.05, 0.1) is 0 Å². The fourth-order valence-electron chi connectivity index (χ4n) is 2.43. The van der Waals surface area contributed by atoms with Crippen molar-refractivity contribution in [2.75, 3.05) is 24.5 Å². The van der Waals surface area contributed by atoms with E-state index in [4.69, 9.17) is 11.6 Å². The lowest BCUT2D eigenvalue weighted by Gasteiger charge is -2.29. The number of hydrogen-bond donors (Lipinski definition) is 1. The predicted molar refractivity (Wildman–Crippen MR) is 79.5 cm³/mol. The van der Waals surface area contributed by atoms with Crippen molar-refractivity contribution >= 4 is 17.3 Å². The maximum atomic E-state index is 6.36. The van der Waals surface area contributed by atoms with Gasteiger partial charge in [0.25, 0.3) is 0 Å². The summed E-state index contributed by atoms with van der Waals surface area (Å²) in [5.74, 6) is 0. The maximum Gasteiger partial charge on any atom is 0.0471 e. The molecule has 1 heterocycles. The second-order valence-corrected chi connectivity index (χ2v) is 5.41. The van der Waals surface area contributed by atoms with Crippen LogP contribution in [0.1, 0.15) is 38.2 Å². The van der Waals surface area contributed by atoms with E-state index in [2.05, 4.69) is 35.3 Å². The fraction of sp³-hybridized carbons (Fsp3) is 0.600. The van der Waals surface area contributed by atoms with Crippen LogP contribution in [0.25, 0.3) is 0 Å². The Bertz CT molecular complexity index is 373. The van der Waals surface area contributed by atoms with E-state index >= 15 is 0 Å². The summed E-state index contributed by atoms with van der Waals surface area (Å²) in [4.78, 5) is 2.44. The van der Waals surface area contributed by atoms with Crippen LogP contribution in [0.5, 0.6) is 0 Å². The molecule has 100 valence electrons. The van der Waals surface area contributed by atoms with Gasteiger partial charge in [-0.1, -0.05) is 24.6 Å². The van der Waals surface area contributed by atoms with Crippen molar-refractivity contribution in [2.45, 2.75) is 39.2 Å². The van der Waals surface area contributed by atoms with Gasteiger partial charge in [0.1, 0.15) is 0 Å². The fourth-order valence-corrected chi connectivity index (χ4v) is 2.67. The molecule has 3 heteroatoms. The van der Waals surface area contributed by atoms with Crippen molar-refractivity contribution in [1.82, 2.24) is 5.32 Å². The Labute approximate surface area is 115 Å². The Morgan fingerprint density at radius 2 is 2.00 bits per heavy atom. The summed E-state index contributed by atoms with van der Waals surface area (Å²) >= 11 is 6.36. The first-order valence-electron chi connectivity index (χ1n) is 7.05. The molecule has 0 spiro atoms. The van der Waals surface area contributed by atoms with Crippen molar-refractivity contribution in [3.05, 3.63) is 28.8 Å². The summed E-state index contributed by atoms with van der Waals surface area (Å²) in [6, 6.07) is 6.49. The second-order valence-electron chi connectivity index (χ2n) is 5.00. The summed E-state index contributed by atoms with van der Waals surface area (Å²) < 4.78 is 0. The zero-order valence-corrected chi connectivity index (χ0v) is 12.0. The Balaban J connectivity index is 1.99. The molecular weight excluding hydrogens is 244 g/mol. The molecule has 0 amide bonds. The van der Waals surface area contributed by atoms with Crippen molar-refractivity contribution in [2.24, 2.45) is 0 Å². The van der Waals surface area contributed by atoms with E-state index < -0.39 is 0 Å². The standard InChI is InChI=1S/C15H23ClN2/c1-2-8-17-12-13-6-7-14(11-15(13)16)18-9-4-3-5-10-18/h6-7,11,17H,2-5,8-10,12H2,1H3. The molecule has 1 N–H and O–H groups in total. The first-order chi connectivity index (χ1) is 8.81. The highest BCUT2D eigenvalue weighted by atomic mass is 35.5. The van der Waals surface area contributed by atoms with Gasteiger partial charge in [0, 0.05) is 30.3 Å². The van der Waals surface area contributed by atoms with E-state index in [0.717, 1.165) is 24.5 Å². The second kappa shape index (κ2) is 7.01. The third kappa shape index (κ3) is 3.63. The Morgan fingerprint density at radius 1 is 1.22 bits per heavy atom. The summed E-state index contributed by atoms with van der Waals surface area (Å²) in [5.41, 5.74) is 2.48. The van der Waals surface area contributed by atoms with Crippen LogP contribution in [-0.2, 0) is 6.54 Å². The van der Waals surface area contributed by atoms with E-state index in [0.29, 0.717) is 0 Å². The molecule has 2 nitrogen and oxygen atoms in total. The molecule has 1 aromatic carbocycles. The van der Waals surface area contributed by atoms with Crippen LogP contribution in [-0.4, -0.2) is 19.6 Å². The van der Waals surface area contributed by atoms with Gasteiger partial charge < -0.3 is 10.2 Å². The van der Waals surface area contributed by atoms with Crippen LogP contribution in [0.2, 0.25) is 5.02 Å². The van der Waals surface area contributed by atoms with Crippen molar-refractivity contribution < 1.29 is 0 Å². The molecule has 0 aromatic heterocycles. The van der Waals surface area contributed by atoms with Crippen LogP contribution in [0, 0.1) is 0 Å². The number of nitrogens with one attached hydrogen (secondary N) is 1. The number of nitrogens with zero attached hydrogens (tertiary/aromatic N) is 1. The molecule has 0 bridgehead atoms. The van der Waals surface area contributed by atoms with Crippen molar-refractivity contribution in [3.8, 4) is 0 Å². The average Bonchev–Trinajstić information content (AvgIpc) is 2.42. The lowest BCUT2D eigenvalue weighted by atomic mass is 10.1. The molecular formula is C15H23ClN2. The highest BCUT2D eigenvalue weighted by molar-refractivity contribution is 6.31. The van der Waals surface area contributed by atoms with Crippen LogP contribution in [0.4, 0.5) is 5.69 Å². The molecule has 0 radical (unpaired) electrons. The largest absolute Gasteiger partial charge is 0.371 e. The Morgan fingerprint density at radius 3 is 2.67 bits per heavy atom. The number of benzene rings is 1. The monoisotopic (exact) mass is 266 g/mol. The smallest absolute Gasteiger partial charge is 0.0471 e. The van der Waals surface area contributed by atoms with Gasteiger partial charge >= 0.3 is 0 Å². The lowest BCUT2D eigenvalue weighted by molar-refractivity contribution is 0.578. The van der Waals surface area contributed by atoms with Gasteiger partial charge in [-0.05, 0) is 49.9 Å². The molecule has 1 fully saturated rings. The van der Waals surface area contributed by atoms with Crippen LogP contribution >= 0.6 is 11.6 Å². The topological polar surface area (TPSA) is 15.3 Å². The molecule has 1 saturated heterocycles. The Kier molecular flexibility index (Phi) is 5.33. The van der Waals surface area contributed by atoms with Gasteiger partial charge in [0.2, 0.25) is 0 Å². The molecule has 1 aliphatic rings. The van der Waals surface area contributed by atoms with E-state index in [1.165, 1.54) is 43.6 Å². The average molecular weight is 267 g/mol. The molecule has 2 rings (SSSR count). The number of piperidine rings is 1. The van der Waals surface area contributed by atoms with Gasteiger partial charge in [-0.3, -0.25) is 0 Å². The summed E-state index contributed by atoms with van der Waals surface area (Å²) in [6.07, 6.45) is 5.13. The molecule has 0 saturated carbocycles. The van der Waals surface area contributed by atoms with E-state index in [1.807, 2.05) is 0 Å². The van der Waals surface area contributed by atoms with Crippen molar-refractivity contribution in [3.63, 3.8) is 0 Å². The number of halogens is 1. The van der Waals surface area contributed by atoms with Gasteiger partial charge in [-0.2, -0.15) is 0 Å². The zero-order chi connectivity index (χ0) is 12.8. The minimum absolute atomic E-state index is 0.868. The minimum atomic E-state index is 0.868. The van der Waals surface area contributed by atoms with Gasteiger partial charge in [-0.25, -0.2) is 0 Å². The summed E-state index contributed by atoms with van der Waals surface area (Å²) in [7, 11) is 0. The quantitative estimate of drug-likeness (QED) is 0.815. The summed E-state index contributed by atoms with van der Waals surface area (Å²) in [6.45, 7) is 6.43. The predicted octanol–water partition coefficient (Wildman–Crippen LogP) is 3.83. The van der Waals surface area contributed by atoms with E-state index in [1.54, 1.807) is 0 Å². The first-order valence-corrected chi connectivity index (χ1v) is 7.43. The normalized spacial score (nSPS) is 16.0. The molecule has 0 aliphatic carbocycles. The van der Waals surface area contributed by atoms with Crippen molar-refractivity contribution in [1.29, 1.82) is 0 Å². The molecule has 0 unspecified atom stereocenters. The van der Waals surface area contributed by atoms with Gasteiger partial charge in [0.15, 0.2) is 0 Å². The molecule has 18 heavy (non-hydrogen) atoms. The van der Waals surface area contributed by atoms with E-state index in [9.17, 15) is 0 Å². The molecule has 1 aliphatic heterocycles. The Hall–Kier alpha value is -0.730. The highest BCUT2D eigenvalue weighted by Crippen LogP contribution is 2.26. The third-order valence-corrected chi connectivity index (χ3v) is 3.85. The first kappa shape index (κ1) is 13.7. The van der Waals surface area contributed by atoms with Crippen LogP contribution < -0.4 is 10.2 Å². The van der Waals surface area contributed by atoms with E-state index in [-0.39, 0.29) is 0 Å². The highest BCUT2D eigenvalue weighted by Gasteiger charge is 2.12. The zero-order valence-electron chi connectivity index (χ0n) is 11.2. The number of rotatable bonds is 5. The minimum Gasteiger partial charge on any atom is -0.371 e. The molecule has 1 aromatic rings. The van der Waals surface area contributed by atoms with Gasteiger partial charge in [-0.15, -0.1) is 0 Å². The maximum absolute atomic E-state index is 6.36. The summed E-state index contributed by atoms with van der Waals surface area (Å²) in [5, 5.41) is 4.28. The molecule has 0 atom stereocenters. The van der Waals surface area contributed by atoms with Crippen LogP contribution in [0.15, 0.2) is 18.2 Å². The van der Waals surface area contributed by atoms with Crippen LogP contribution in [0.3, 0.4) is 0 Å². The lowest BCUT2D eigenvalue weighted by Crippen LogP contribution is -2.29. The number of anilines is 1. The SMILES string of the molecule is CCCNCc1ccc(N2CCCCC2)cc1Cl. The third-order valence-electron chi connectivity index (χ3n) is 3.50. The number of hydrogen-bond acceptors (Lipinski definition) is 2.